The summed E-state index contributed by atoms with van der Waals surface area (Å²) in [5, 5.41) is 9.21. The van der Waals surface area contributed by atoms with Crippen LogP contribution in [0.15, 0.2) is 59.4 Å². The van der Waals surface area contributed by atoms with Gasteiger partial charge in [-0.1, -0.05) is 42.5 Å². The molecule has 0 radical (unpaired) electrons. The predicted molar refractivity (Wildman–Crippen MR) is 129 cm³/mol. The number of aromatic amines is 1. The molecule has 0 bridgehead atoms. The fraction of sp³-hybridized carbons (Fsp3) is 0.320. The number of benzene rings is 2. The number of piperazine rings is 1. The van der Waals surface area contributed by atoms with Crippen molar-refractivity contribution in [2.45, 2.75) is 6.42 Å². The fourth-order valence-corrected chi connectivity index (χ4v) is 4.10. The quantitative estimate of drug-likeness (QED) is 0.479. The number of hydrogen-bond donors (Lipinski definition) is 2. The van der Waals surface area contributed by atoms with Crippen molar-refractivity contribution >= 4 is 12.0 Å². The van der Waals surface area contributed by atoms with Gasteiger partial charge in [0.2, 0.25) is 0 Å². The van der Waals surface area contributed by atoms with Crippen LogP contribution < -0.4 is 10.4 Å². The summed E-state index contributed by atoms with van der Waals surface area (Å²) in [4.78, 5) is 43.6. The number of para-hydroxylation sites is 2. The Balaban J connectivity index is 1.75. The molecule has 0 saturated carbocycles. The number of carboxylic acid groups (broad SMARTS) is 1. The van der Waals surface area contributed by atoms with Gasteiger partial charge in [0.15, 0.2) is 0 Å². The monoisotopic (exact) mass is 480 g/mol. The van der Waals surface area contributed by atoms with Crippen molar-refractivity contribution in [2.24, 2.45) is 0 Å². The van der Waals surface area contributed by atoms with E-state index in [2.05, 4.69) is 4.98 Å². The van der Waals surface area contributed by atoms with Crippen LogP contribution in [0.1, 0.15) is 16.9 Å². The minimum absolute atomic E-state index is 0.152. The Bertz CT molecular complexity index is 1230. The van der Waals surface area contributed by atoms with Crippen LogP contribution >= 0.6 is 0 Å². The molecule has 3 aromatic rings. The number of carbonyl (C=O) groups excluding carboxylic acids is 1. The number of imidazole rings is 1. The van der Waals surface area contributed by atoms with Gasteiger partial charge in [0.1, 0.15) is 11.4 Å². The number of hydrogen-bond acceptors (Lipinski definition) is 5. The number of carbonyl (C=O) groups is 2. The van der Waals surface area contributed by atoms with Crippen molar-refractivity contribution in [3.8, 4) is 22.7 Å². The van der Waals surface area contributed by atoms with Crippen molar-refractivity contribution in [3.63, 3.8) is 0 Å². The van der Waals surface area contributed by atoms with Crippen molar-refractivity contribution in [3.05, 3.63) is 70.8 Å². The molecule has 0 aliphatic carbocycles. The summed E-state index contributed by atoms with van der Waals surface area (Å²) >= 11 is 0. The maximum atomic E-state index is 13.5. The number of nitrogens with zero attached hydrogens (tertiary/aromatic N) is 3. The van der Waals surface area contributed by atoms with Gasteiger partial charge in [0, 0.05) is 51.9 Å². The molecule has 184 valence electrons. The Hall–Kier alpha value is -4.05. The van der Waals surface area contributed by atoms with E-state index in [4.69, 9.17) is 9.47 Å². The molecule has 0 spiro atoms. The summed E-state index contributed by atoms with van der Waals surface area (Å²) in [6.07, 6.45) is -0.325. The molecule has 10 nitrogen and oxygen atoms in total. The van der Waals surface area contributed by atoms with Crippen LogP contribution in [0.2, 0.25) is 0 Å². The highest BCUT2D eigenvalue weighted by molar-refractivity contribution is 5.99. The van der Waals surface area contributed by atoms with E-state index in [0.717, 1.165) is 0 Å². The van der Waals surface area contributed by atoms with E-state index in [-0.39, 0.29) is 37.8 Å². The van der Waals surface area contributed by atoms with E-state index in [1.165, 1.54) is 9.47 Å². The van der Waals surface area contributed by atoms with Crippen LogP contribution in [0, 0.1) is 0 Å². The first-order valence-electron chi connectivity index (χ1n) is 11.4. The number of H-pyrrole nitrogens is 1. The van der Waals surface area contributed by atoms with Crippen molar-refractivity contribution in [1.82, 2.24) is 19.4 Å². The smallest absolute Gasteiger partial charge is 0.407 e. The summed E-state index contributed by atoms with van der Waals surface area (Å²) in [6, 6.07) is 16.4. The Kier molecular flexibility index (Phi) is 7.51. The lowest BCUT2D eigenvalue weighted by Crippen LogP contribution is -2.50. The molecule has 1 saturated heterocycles. The first kappa shape index (κ1) is 24.1. The second kappa shape index (κ2) is 10.9. The SMILES string of the molecule is COCCCOc1ccccc1-n1c(-c2ccccc2)c(C(=O)N2CCN(C(=O)O)CC2)[nH]c1=O. The van der Waals surface area contributed by atoms with Crippen LogP contribution in [0.5, 0.6) is 5.75 Å². The Morgan fingerprint density at radius 1 is 0.943 bits per heavy atom. The third-order valence-electron chi connectivity index (χ3n) is 5.85. The average molecular weight is 481 g/mol. The summed E-state index contributed by atoms with van der Waals surface area (Å²) in [5.41, 5.74) is 1.31. The lowest BCUT2D eigenvalue weighted by molar-refractivity contribution is 0.0620. The molecule has 2 amide bonds. The molecule has 2 heterocycles. The molecule has 4 rings (SSSR count). The average Bonchev–Trinajstić information content (AvgIpc) is 3.23. The summed E-state index contributed by atoms with van der Waals surface area (Å²) in [6.45, 7) is 1.87. The largest absolute Gasteiger partial charge is 0.491 e. The lowest BCUT2D eigenvalue weighted by Gasteiger charge is -2.33. The predicted octanol–water partition coefficient (Wildman–Crippen LogP) is 2.68. The molecule has 0 atom stereocenters. The number of ether oxygens (including phenoxy) is 2. The Morgan fingerprint density at radius 3 is 2.29 bits per heavy atom. The Labute approximate surface area is 202 Å². The van der Waals surface area contributed by atoms with Crippen molar-refractivity contribution < 1.29 is 24.2 Å². The van der Waals surface area contributed by atoms with Crippen LogP contribution in [-0.4, -0.2) is 83.0 Å². The standard InChI is InChI=1S/C25H28N4O6/c1-34-16-7-17-35-20-11-6-5-10-19(20)29-22(18-8-3-2-4-9-18)21(26-24(29)31)23(30)27-12-14-28(15-13-27)25(32)33/h2-6,8-11H,7,12-17H2,1H3,(H,26,31)(H,32,33). The van der Waals surface area contributed by atoms with Crippen LogP contribution in [0.3, 0.4) is 0 Å². The molecule has 1 aliphatic rings. The van der Waals surface area contributed by atoms with E-state index in [1.807, 2.05) is 36.4 Å². The van der Waals surface area contributed by atoms with Gasteiger partial charge >= 0.3 is 11.8 Å². The second-order valence-corrected chi connectivity index (χ2v) is 8.08. The first-order valence-corrected chi connectivity index (χ1v) is 11.4. The van der Waals surface area contributed by atoms with Gasteiger partial charge in [-0.3, -0.25) is 9.36 Å². The molecule has 1 aromatic heterocycles. The third kappa shape index (κ3) is 5.22. The molecule has 2 aromatic carbocycles. The van der Waals surface area contributed by atoms with Crippen LogP contribution in [0.4, 0.5) is 4.79 Å². The third-order valence-corrected chi connectivity index (χ3v) is 5.85. The number of amides is 2. The number of nitrogens with one attached hydrogen (secondary N) is 1. The summed E-state index contributed by atoms with van der Waals surface area (Å²) < 4.78 is 12.5. The van der Waals surface area contributed by atoms with Gasteiger partial charge < -0.3 is 29.4 Å². The molecular formula is C25H28N4O6. The van der Waals surface area contributed by atoms with Gasteiger partial charge in [0.05, 0.1) is 18.0 Å². The lowest BCUT2D eigenvalue weighted by atomic mass is 10.1. The molecule has 1 fully saturated rings. The van der Waals surface area contributed by atoms with E-state index < -0.39 is 11.8 Å². The molecular weight excluding hydrogens is 452 g/mol. The van der Waals surface area contributed by atoms with E-state index in [9.17, 15) is 19.5 Å². The second-order valence-electron chi connectivity index (χ2n) is 8.08. The zero-order valence-corrected chi connectivity index (χ0v) is 19.5. The zero-order valence-electron chi connectivity index (χ0n) is 19.5. The van der Waals surface area contributed by atoms with E-state index >= 15 is 0 Å². The van der Waals surface area contributed by atoms with Gasteiger partial charge in [-0.05, 0) is 12.1 Å². The zero-order chi connectivity index (χ0) is 24.8. The van der Waals surface area contributed by atoms with E-state index in [0.29, 0.717) is 42.3 Å². The summed E-state index contributed by atoms with van der Waals surface area (Å²) in [7, 11) is 1.62. The minimum atomic E-state index is -1.01. The Morgan fingerprint density at radius 2 is 1.60 bits per heavy atom. The number of methoxy groups -OCH3 is 1. The highest BCUT2D eigenvalue weighted by atomic mass is 16.5. The summed E-state index contributed by atoms with van der Waals surface area (Å²) in [5.74, 6) is 0.152. The molecule has 2 N–H and O–H groups in total. The topological polar surface area (TPSA) is 117 Å². The van der Waals surface area contributed by atoms with Gasteiger partial charge in [-0.15, -0.1) is 0 Å². The van der Waals surface area contributed by atoms with Crippen LogP contribution in [0.25, 0.3) is 16.9 Å². The molecule has 0 unspecified atom stereocenters. The van der Waals surface area contributed by atoms with Crippen molar-refractivity contribution in [2.75, 3.05) is 46.5 Å². The van der Waals surface area contributed by atoms with Crippen molar-refractivity contribution in [1.29, 1.82) is 0 Å². The van der Waals surface area contributed by atoms with E-state index in [1.54, 1.807) is 30.2 Å². The molecule has 35 heavy (non-hydrogen) atoms. The van der Waals surface area contributed by atoms with Crippen LogP contribution in [-0.2, 0) is 4.74 Å². The highest BCUT2D eigenvalue weighted by Gasteiger charge is 2.30. The molecule has 10 heteroatoms. The highest BCUT2D eigenvalue weighted by Crippen LogP contribution is 2.30. The minimum Gasteiger partial charge on any atom is -0.491 e. The number of rotatable bonds is 8. The van der Waals surface area contributed by atoms with Gasteiger partial charge in [-0.25, -0.2) is 9.59 Å². The van der Waals surface area contributed by atoms with Gasteiger partial charge in [0.25, 0.3) is 5.91 Å². The molecule has 1 aliphatic heterocycles. The van der Waals surface area contributed by atoms with Gasteiger partial charge in [-0.2, -0.15) is 0 Å². The normalized spacial score (nSPS) is 13.6. The maximum absolute atomic E-state index is 13.5. The fourth-order valence-electron chi connectivity index (χ4n) is 4.10. The number of aromatic nitrogens is 2. The maximum Gasteiger partial charge on any atom is 0.407 e. The first-order chi connectivity index (χ1) is 17.0.